The van der Waals surface area contributed by atoms with Crippen molar-refractivity contribution < 1.29 is 13.2 Å². The second-order valence-corrected chi connectivity index (χ2v) is 4.63. The molecule has 0 amide bonds. The Morgan fingerprint density at radius 1 is 1.36 bits per heavy atom. The number of Topliss-reactive ketones (excluding diaryl/α,β-unsaturated/α-hetero) is 1. The first-order valence-corrected chi connectivity index (χ1v) is 5.51. The molecule has 1 aromatic carbocycles. The molecule has 0 saturated heterocycles. The molecule has 3 nitrogen and oxygen atoms in total. The summed E-state index contributed by atoms with van der Waals surface area (Å²) in [6.07, 6.45) is 0. The molecule has 0 unspecified atom stereocenters. The van der Waals surface area contributed by atoms with Crippen molar-refractivity contribution in [1.82, 2.24) is 0 Å². The van der Waals surface area contributed by atoms with Gasteiger partial charge in [-0.15, -0.1) is 0 Å². The van der Waals surface area contributed by atoms with Gasteiger partial charge in [-0.2, -0.15) is 0 Å². The van der Waals surface area contributed by atoms with E-state index in [0.717, 1.165) is 5.41 Å². The predicted molar refractivity (Wildman–Crippen MR) is 53.8 cm³/mol. The lowest BCUT2D eigenvalue weighted by Crippen LogP contribution is -2.04. The van der Waals surface area contributed by atoms with Crippen LogP contribution in [-0.4, -0.2) is 14.2 Å². The number of ketones is 1. The standard InChI is InChI=1S/C10H10O3S/c1-3-14(12,13)10-7-5-4-6-9(10)8(2)11/h3-7H,1H2,2H3. The van der Waals surface area contributed by atoms with Gasteiger partial charge in [0.25, 0.3) is 0 Å². The van der Waals surface area contributed by atoms with Crippen LogP contribution >= 0.6 is 0 Å². The Labute approximate surface area is 83.0 Å². The molecular weight excluding hydrogens is 200 g/mol. The molecule has 1 rings (SSSR count). The maximum absolute atomic E-state index is 11.5. The van der Waals surface area contributed by atoms with Crippen molar-refractivity contribution in [1.29, 1.82) is 0 Å². The van der Waals surface area contributed by atoms with Crippen molar-refractivity contribution in [3.05, 3.63) is 41.8 Å². The lowest BCUT2D eigenvalue weighted by Gasteiger charge is -2.03. The first-order chi connectivity index (χ1) is 6.49. The van der Waals surface area contributed by atoms with Gasteiger partial charge in [0.2, 0.25) is 0 Å². The average molecular weight is 210 g/mol. The summed E-state index contributed by atoms with van der Waals surface area (Å²) in [7, 11) is -3.53. The molecule has 0 saturated carbocycles. The monoisotopic (exact) mass is 210 g/mol. The Balaban J connectivity index is 3.50. The van der Waals surface area contributed by atoms with E-state index in [2.05, 4.69) is 6.58 Å². The van der Waals surface area contributed by atoms with E-state index in [9.17, 15) is 13.2 Å². The van der Waals surface area contributed by atoms with Gasteiger partial charge in [0.05, 0.1) is 4.90 Å². The van der Waals surface area contributed by atoms with Crippen molar-refractivity contribution in [2.75, 3.05) is 0 Å². The molecule has 74 valence electrons. The summed E-state index contributed by atoms with van der Waals surface area (Å²) in [6.45, 7) is 4.54. The number of carbonyl (C=O) groups is 1. The Morgan fingerprint density at radius 2 is 1.93 bits per heavy atom. The molecule has 14 heavy (non-hydrogen) atoms. The second kappa shape index (κ2) is 3.75. The van der Waals surface area contributed by atoms with Gasteiger partial charge in [0.15, 0.2) is 15.6 Å². The summed E-state index contributed by atoms with van der Waals surface area (Å²) in [5, 5.41) is 0.842. The first kappa shape index (κ1) is 10.7. The van der Waals surface area contributed by atoms with Gasteiger partial charge in [-0.25, -0.2) is 8.42 Å². The smallest absolute Gasteiger partial charge is 0.199 e. The zero-order valence-electron chi connectivity index (χ0n) is 7.73. The number of carbonyl (C=O) groups excluding carboxylic acids is 1. The molecule has 0 aromatic heterocycles. The highest BCUT2D eigenvalue weighted by molar-refractivity contribution is 7.94. The lowest BCUT2D eigenvalue weighted by atomic mass is 10.1. The Bertz CT molecular complexity index is 472. The van der Waals surface area contributed by atoms with E-state index in [1.54, 1.807) is 12.1 Å². The molecule has 0 radical (unpaired) electrons. The van der Waals surface area contributed by atoms with Crippen LogP contribution < -0.4 is 0 Å². The maximum Gasteiger partial charge on any atom is 0.199 e. The van der Waals surface area contributed by atoms with Crippen LogP contribution in [0.3, 0.4) is 0 Å². The average Bonchev–Trinajstić information content (AvgIpc) is 2.18. The number of hydrogen-bond donors (Lipinski definition) is 0. The van der Waals surface area contributed by atoms with E-state index in [1.807, 2.05) is 0 Å². The molecule has 0 N–H and O–H groups in total. The minimum absolute atomic E-state index is 0.0162. The molecule has 0 bridgehead atoms. The highest BCUT2D eigenvalue weighted by Crippen LogP contribution is 2.17. The van der Waals surface area contributed by atoms with E-state index in [4.69, 9.17) is 0 Å². The summed E-state index contributed by atoms with van der Waals surface area (Å²) in [4.78, 5) is 11.1. The highest BCUT2D eigenvalue weighted by Gasteiger charge is 2.16. The lowest BCUT2D eigenvalue weighted by molar-refractivity contribution is 0.101. The van der Waals surface area contributed by atoms with Crippen molar-refractivity contribution in [3.63, 3.8) is 0 Å². The number of benzene rings is 1. The van der Waals surface area contributed by atoms with E-state index < -0.39 is 9.84 Å². The van der Waals surface area contributed by atoms with Crippen LogP contribution in [0.5, 0.6) is 0 Å². The van der Waals surface area contributed by atoms with Gasteiger partial charge < -0.3 is 0 Å². The fourth-order valence-corrected chi connectivity index (χ4v) is 2.06. The van der Waals surface area contributed by atoms with E-state index in [1.165, 1.54) is 19.1 Å². The number of sulfone groups is 1. The van der Waals surface area contributed by atoms with Crippen LogP contribution in [-0.2, 0) is 9.84 Å². The normalized spacial score (nSPS) is 10.9. The van der Waals surface area contributed by atoms with Crippen LogP contribution in [0, 0.1) is 0 Å². The Hall–Kier alpha value is -1.42. The highest BCUT2D eigenvalue weighted by atomic mass is 32.2. The molecule has 0 atom stereocenters. The van der Waals surface area contributed by atoms with E-state index in [0.29, 0.717) is 0 Å². The summed E-state index contributed by atoms with van der Waals surface area (Å²) >= 11 is 0. The van der Waals surface area contributed by atoms with Gasteiger partial charge in [0.1, 0.15) is 0 Å². The minimum atomic E-state index is -3.53. The zero-order chi connectivity index (χ0) is 10.8. The SMILES string of the molecule is C=CS(=O)(=O)c1ccccc1C(C)=O. The number of hydrogen-bond acceptors (Lipinski definition) is 3. The molecule has 0 aliphatic heterocycles. The predicted octanol–water partition coefficient (Wildman–Crippen LogP) is 1.81. The molecule has 4 heteroatoms. The molecule has 0 heterocycles. The number of rotatable bonds is 3. The molecule has 0 spiro atoms. The van der Waals surface area contributed by atoms with Crippen LogP contribution in [0.25, 0.3) is 0 Å². The first-order valence-electron chi connectivity index (χ1n) is 3.96. The van der Waals surface area contributed by atoms with Gasteiger partial charge in [-0.05, 0) is 13.0 Å². The van der Waals surface area contributed by atoms with Crippen LogP contribution in [0.2, 0.25) is 0 Å². The third kappa shape index (κ3) is 1.90. The summed E-state index contributed by atoms with van der Waals surface area (Å²) < 4.78 is 22.9. The zero-order valence-corrected chi connectivity index (χ0v) is 8.54. The fraction of sp³-hybridized carbons (Fsp3) is 0.100. The van der Waals surface area contributed by atoms with Gasteiger partial charge in [-0.3, -0.25) is 4.79 Å². The van der Waals surface area contributed by atoms with Crippen LogP contribution in [0.15, 0.2) is 41.1 Å². The molecule has 0 aliphatic rings. The quantitative estimate of drug-likeness (QED) is 0.715. The summed E-state index contributed by atoms with van der Waals surface area (Å²) in [5.74, 6) is -0.272. The van der Waals surface area contributed by atoms with Gasteiger partial charge in [0, 0.05) is 11.0 Å². The molecule has 1 aromatic rings. The van der Waals surface area contributed by atoms with E-state index in [-0.39, 0.29) is 16.2 Å². The molecule has 0 fully saturated rings. The van der Waals surface area contributed by atoms with Crippen molar-refractivity contribution in [2.24, 2.45) is 0 Å². The van der Waals surface area contributed by atoms with Crippen molar-refractivity contribution in [2.45, 2.75) is 11.8 Å². The Morgan fingerprint density at radius 3 is 2.43 bits per heavy atom. The summed E-state index contributed by atoms with van der Waals surface area (Å²) in [5.41, 5.74) is 0.201. The van der Waals surface area contributed by atoms with Crippen LogP contribution in [0.1, 0.15) is 17.3 Å². The second-order valence-electron chi connectivity index (χ2n) is 2.76. The van der Waals surface area contributed by atoms with Gasteiger partial charge in [-0.1, -0.05) is 24.8 Å². The molecular formula is C10H10O3S. The Kier molecular flexibility index (Phi) is 2.86. The van der Waals surface area contributed by atoms with Crippen molar-refractivity contribution in [3.8, 4) is 0 Å². The van der Waals surface area contributed by atoms with Crippen LogP contribution in [0.4, 0.5) is 0 Å². The maximum atomic E-state index is 11.5. The van der Waals surface area contributed by atoms with E-state index >= 15 is 0 Å². The third-order valence-electron chi connectivity index (χ3n) is 1.79. The van der Waals surface area contributed by atoms with Crippen molar-refractivity contribution >= 4 is 15.6 Å². The summed E-state index contributed by atoms with van der Waals surface area (Å²) in [6, 6.07) is 6.08. The molecule has 0 aliphatic carbocycles. The third-order valence-corrected chi connectivity index (χ3v) is 3.20. The fourth-order valence-electron chi connectivity index (χ4n) is 1.10. The van der Waals surface area contributed by atoms with Gasteiger partial charge >= 0.3 is 0 Å². The largest absolute Gasteiger partial charge is 0.294 e. The minimum Gasteiger partial charge on any atom is -0.294 e. The topological polar surface area (TPSA) is 51.2 Å².